The summed E-state index contributed by atoms with van der Waals surface area (Å²) in [6.45, 7) is 0.277. The molecule has 2 aromatic carbocycles. The van der Waals surface area contributed by atoms with Gasteiger partial charge in [0.05, 0.1) is 29.5 Å². The van der Waals surface area contributed by atoms with Gasteiger partial charge in [-0.1, -0.05) is 24.3 Å². The average molecular weight is 507 g/mol. The number of fused-ring (bicyclic) bond motifs is 2. The number of imidazole rings is 1. The molecule has 0 aliphatic carbocycles. The molecule has 0 aliphatic rings. The fourth-order valence-corrected chi connectivity index (χ4v) is 4.46. The molecule has 4 heterocycles. The quantitative estimate of drug-likeness (QED) is 0.297. The third-order valence-corrected chi connectivity index (χ3v) is 6.16. The third-order valence-electron chi connectivity index (χ3n) is 6.16. The van der Waals surface area contributed by atoms with Gasteiger partial charge < -0.3 is 15.2 Å². The number of carbonyl (C=O) groups is 1. The minimum absolute atomic E-state index is 0.116. The minimum Gasteiger partial charge on any atom is -0.335 e. The summed E-state index contributed by atoms with van der Waals surface area (Å²) in [5.74, 6) is 0.0806. The summed E-state index contributed by atoms with van der Waals surface area (Å²) in [7, 11) is 3.68. The Morgan fingerprint density at radius 1 is 1.03 bits per heavy atom. The maximum atomic E-state index is 14.5. The predicted molar refractivity (Wildman–Crippen MR) is 145 cm³/mol. The van der Waals surface area contributed by atoms with Crippen LogP contribution in [-0.2, 0) is 4.79 Å². The van der Waals surface area contributed by atoms with Gasteiger partial charge in [-0.05, 0) is 50.0 Å². The van der Waals surface area contributed by atoms with Gasteiger partial charge in [0.2, 0.25) is 5.91 Å². The standard InChI is InChI=1S/C28H23FN8O/c1-37(2)15-24(38)32-18-11-17(13-30-14-18)16-7-8-23-21(12-16)26(36-35-23)28-33-25-20(9-10-31-27(25)34-28)19-5-3-4-6-22(19)29/h3-14H,15H2,1-2H3,(H,32,38)(H,35,36)(H,31,33,34). The molecular weight excluding hydrogens is 483 g/mol. The van der Waals surface area contributed by atoms with Crippen LogP contribution < -0.4 is 5.32 Å². The number of benzene rings is 2. The van der Waals surface area contributed by atoms with Crippen molar-refractivity contribution in [1.29, 1.82) is 0 Å². The van der Waals surface area contributed by atoms with Crippen molar-refractivity contribution < 1.29 is 9.18 Å². The summed E-state index contributed by atoms with van der Waals surface area (Å²) < 4.78 is 14.5. The zero-order valence-electron chi connectivity index (χ0n) is 20.7. The number of amides is 1. The summed E-state index contributed by atoms with van der Waals surface area (Å²) in [5, 5.41) is 11.3. The van der Waals surface area contributed by atoms with E-state index in [4.69, 9.17) is 0 Å². The number of aromatic nitrogens is 6. The first-order chi connectivity index (χ1) is 18.5. The van der Waals surface area contributed by atoms with Crippen LogP contribution >= 0.6 is 0 Å². The molecule has 0 atom stereocenters. The number of aromatic amines is 2. The number of anilines is 1. The Kier molecular flexibility index (Phi) is 5.85. The smallest absolute Gasteiger partial charge is 0.238 e. The van der Waals surface area contributed by atoms with Crippen molar-refractivity contribution in [3.63, 3.8) is 0 Å². The molecule has 188 valence electrons. The molecule has 0 bridgehead atoms. The van der Waals surface area contributed by atoms with E-state index in [-0.39, 0.29) is 18.3 Å². The highest BCUT2D eigenvalue weighted by Crippen LogP contribution is 2.33. The molecule has 0 saturated heterocycles. The molecule has 0 saturated carbocycles. The molecule has 10 heteroatoms. The fraction of sp³-hybridized carbons (Fsp3) is 0.107. The number of H-pyrrole nitrogens is 2. The van der Waals surface area contributed by atoms with E-state index in [2.05, 4.69) is 35.5 Å². The van der Waals surface area contributed by atoms with Crippen LogP contribution in [0.5, 0.6) is 0 Å². The van der Waals surface area contributed by atoms with Gasteiger partial charge in [0.1, 0.15) is 11.5 Å². The van der Waals surface area contributed by atoms with Crippen molar-refractivity contribution >= 4 is 33.7 Å². The molecule has 0 spiro atoms. The highest BCUT2D eigenvalue weighted by atomic mass is 19.1. The number of carbonyl (C=O) groups excluding carboxylic acids is 1. The second-order valence-electron chi connectivity index (χ2n) is 9.20. The molecule has 1 amide bonds. The maximum absolute atomic E-state index is 14.5. The van der Waals surface area contributed by atoms with E-state index in [1.54, 1.807) is 47.8 Å². The van der Waals surface area contributed by atoms with Gasteiger partial charge >= 0.3 is 0 Å². The largest absolute Gasteiger partial charge is 0.335 e. The Labute approximate surface area is 216 Å². The lowest BCUT2D eigenvalue weighted by Gasteiger charge is -2.11. The Balaban J connectivity index is 1.39. The number of halogens is 1. The summed E-state index contributed by atoms with van der Waals surface area (Å²) in [6.07, 6.45) is 4.98. The molecule has 6 rings (SSSR count). The fourth-order valence-electron chi connectivity index (χ4n) is 4.46. The molecule has 9 nitrogen and oxygen atoms in total. The molecule has 0 unspecified atom stereocenters. The Morgan fingerprint density at radius 3 is 2.74 bits per heavy atom. The molecule has 6 aromatic rings. The van der Waals surface area contributed by atoms with E-state index in [1.807, 2.05) is 38.4 Å². The van der Waals surface area contributed by atoms with Crippen LogP contribution in [0.1, 0.15) is 0 Å². The van der Waals surface area contributed by atoms with Gasteiger partial charge in [-0.25, -0.2) is 14.4 Å². The van der Waals surface area contributed by atoms with E-state index in [0.29, 0.717) is 39.5 Å². The maximum Gasteiger partial charge on any atom is 0.238 e. The van der Waals surface area contributed by atoms with E-state index in [0.717, 1.165) is 22.0 Å². The van der Waals surface area contributed by atoms with Crippen LogP contribution in [-0.4, -0.2) is 61.6 Å². The summed E-state index contributed by atoms with van der Waals surface area (Å²) in [5.41, 5.74) is 6.04. The van der Waals surface area contributed by atoms with Crippen LogP contribution in [0.15, 0.2) is 73.2 Å². The first-order valence-corrected chi connectivity index (χ1v) is 11.9. The monoisotopic (exact) mass is 506 g/mol. The minimum atomic E-state index is -0.320. The summed E-state index contributed by atoms with van der Waals surface area (Å²) >= 11 is 0. The topological polar surface area (TPSA) is 115 Å². The molecule has 0 radical (unpaired) electrons. The van der Waals surface area contributed by atoms with Gasteiger partial charge in [-0.2, -0.15) is 5.10 Å². The van der Waals surface area contributed by atoms with Crippen LogP contribution in [0.3, 0.4) is 0 Å². The Bertz CT molecular complexity index is 1810. The first kappa shape index (κ1) is 23.4. The summed E-state index contributed by atoms with van der Waals surface area (Å²) in [6, 6.07) is 16.1. The average Bonchev–Trinajstić information content (AvgIpc) is 3.52. The number of hydrogen-bond acceptors (Lipinski definition) is 6. The van der Waals surface area contributed by atoms with Crippen molar-refractivity contribution in [3.8, 4) is 33.8 Å². The van der Waals surface area contributed by atoms with E-state index < -0.39 is 0 Å². The van der Waals surface area contributed by atoms with Gasteiger partial charge in [0.15, 0.2) is 11.5 Å². The summed E-state index contributed by atoms with van der Waals surface area (Å²) in [4.78, 5) is 30.6. The third kappa shape index (κ3) is 4.37. The zero-order chi connectivity index (χ0) is 26.2. The Hall–Kier alpha value is -4.96. The van der Waals surface area contributed by atoms with Gasteiger partial charge in [-0.3, -0.25) is 14.9 Å². The predicted octanol–water partition coefficient (Wildman–Crippen LogP) is 4.87. The van der Waals surface area contributed by atoms with Crippen molar-refractivity contribution in [2.45, 2.75) is 0 Å². The number of likely N-dealkylation sites (N-methyl/N-ethyl adjacent to an activating group) is 1. The van der Waals surface area contributed by atoms with Gasteiger partial charge in [0, 0.05) is 34.5 Å². The van der Waals surface area contributed by atoms with Crippen LogP contribution in [0.25, 0.3) is 55.8 Å². The van der Waals surface area contributed by atoms with Crippen molar-refractivity contribution in [2.75, 3.05) is 26.0 Å². The number of pyridine rings is 2. The highest BCUT2D eigenvalue weighted by Gasteiger charge is 2.17. The zero-order valence-corrected chi connectivity index (χ0v) is 20.7. The molecular formula is C28H23FN8O. The highest BCUT2D eigenvalue weighted by molar-refractivity contribution is 5.98. The molecule has 0 aliphatic heterocycles. The first-order valence-electron chi connectivity index (χ1n) is 11.9. The lowest BCUT2D eigenvalue weighted by molar-refractivity contribution is -0.116. The number of rotatable bonds is 6. The number of nitrogens with one attached hydrogen (secondary N) is 3. The van der Waals surface area contributed by atoms with E-state index in [9.17, 15) is 9.18 Å². The normalized spacial score (nSPS) is 11.5. The lowest BCUT2D eigenvalue weighted by atomic mass is 10.0. The molecule has 0 fully saturated rings. The second kappa shape index (κ2) is 9.49. The van der Waals surface area contributed by atoms with Crippen molar-refractivity contribution in [1.82, 2.24) is 35.0 Å². The van der Waals surface area contributed by atoms with Crippen LogP contribution in [0.4, 0.5) is 10.1 Å². The molecule has 3 N–H and O–H groups in total. The van der Waals surface area contributed by atoms with Crippen LogP contribution in [0.2, 0.25) is 0 Å². The Morgan fingerprint density at radius 2 is 1.89 bits per heavy atom. The molecule has 38 heavy (non-hydrogen) atoms. The number of hydrogen-bond donors (Lipinski definition) is 3. The van der Waals surface area contributed by atoms with E-state index >= 15 is 0 Å². The SMILES string of the molecule is CN(C)CC(=O)Nc1cncc(-c2ccc3[nH]nc(-c4nc5nccc(-c6ccccc6F)c5[nH]4)c3c2)c1. The second-order valence-corrected chi connectivity index (χ2v) is 9.20. The van der Waals surface area contributed by atoms with Crippen molar-refractivity contribution in [3.05, 3.63) is 79.0 Å². The number of nitrogens with zero attached hydrogens (tertiary/aromatic N) is 5. The van der Waals surface area contributed by atoms with Gasteiger partial charge in [0.25, 0.3) is 0 Å². The van der Waals surface area contributed by atoms with Crippen LogP contribution in [0, 0.1) is 5.82 Å². The van der Waals surface area contributed by atoms with Crippen molar-refractivity contribution in [2.24, 2.45) is 0 Å². The van der Waals surface area contributed by atoms with E-state index in [1.165, 1.54) is 6.07 Å². The molecule has 4 aromatic heterocycles. The van der Waals surface area contributed by atoms with Gasteiger partial charge in [-0.15, -0.1) is 0 Å². The lowest BCUT2D eigenvalue weighted by Crippen LogP contribution is -2.27.